The molecule has 1 saturated carbocycles. The Bertz CT molecular complexity index is 1150. The molecule has 3 fully saturated rings. The lowest BCUT2D eigenvalue weighted by molar-refractivity contribution is -0.154. The van der Waals surface area contributed by atoms with Gasteiger partial charge in [-0.05, 0) is 27.2 Å². The fourth-order valence-corrected chi connectivity index (χ4v) is 6.13. The second kappa shape index (κ2) is 8.20. The highest BCUT2D eigenvalue weighted by Crippen LogP contribution is 2.79. The smallest absolute Gasteiger partial charge is 0.463 e. The first-order valence-electron chi connectivity index (χ1n) is 10.4. The van der Waals surface area contributed by atoms with E-state index in [0.29, 0.717) is 0 Å². The molecule has 0 aromatic carbocycles. The molecule has 33 heavy (non-hydrogen) atoms. The average Bonchev–Trinajstić information content (AvgIpc) is 3.05. The molecule has 4 rings (SSSR count). The number of H-pyrrole nitrogens is 1. The molecule has 1 aliphatic carbocycles. The summed E-state index contributed by atoms with van der Waals surface area (Å²) in [7, 11) is -4.07. The number of aliphatic hydroxyl groups excluding tert-OH is 1. The molecule has 1 aromatic rings. The minimum absolute atomic E-state index is 0.0260. The number of carbonyl (C=O) groups excluding carboxylic acids is 1. The Labute approximate surface area is 188 Å². The summed E-state index contributed by atoms with van der Waals surface area (Å²) in [5.74, 6) is 1.13. The van der Waals surface area contributed by atoms with Crippen molar-refractivity contribution in [2.24, 2.45) is 11.3 Å². The van der Waals surface area contributed by atoms with Crippen LogP contribution in [0.2, 0.25) is 0 Å². The molecule has 2 saturated heterocycles. The third-order valence-electron chi connectivity index (χ3n) is 6.12. The summed E-state index contributed by atoms with van der Waals surface area (Å²) < 4.78 is 41.8. The summed E-state index contributed by atoms with van der Waals surface area (Å²) in [6.07, 6.45) is 4.26. The van der Waals surface area contributed by atoms with Gasteiger partial charge in [0.15, 0.2) is 11.8 Å². The number of ether oxygens (including phenoxy) is 2. The normalized spacial score (nSPS) is 37.3. The van der Waals surface area contributed by atoms with Crippen molar-refractivity contribution in [2.45, 2.75) is 57.3 Å². The number of aliphatic hydroxyl groups is 1. The Morgan fingerprint density at radius 1 is 1.42 bits per heavy atom. The van der Waals surface area contributed by atoms with E-state index in [-0.39, 0.29) is 19.1 Å². The molecule has 2 N–H and O–H groups in total. The SMILES string of the molecule is C#C[C@@]1(C)[C@H](n2ccc(=O)[nH]c2=O)O[C@@H]2C3O[P@@](=O)(OCCC(CO)C(=O)OC(C)C)O[C@]321. The van der Waals surface area contributed by atoms with Gasteiger partial charge in [0, 0.05) is 12.3 Å². The average molecular weight is 484 g/mol. The number of fused-ring (bicyclic) bond motifs is 1. The number of carbonyl (C=O) groups is 1. The largest absolute Gasteiger partial charge is 0.476 e. The van der Waals surface area contributed by atoms with Crippen LogP contribution in [0.3, 0.4) is 0 Å². The second-order valence-corrected chi connectivity index (χ2v) is 10.2. The molecule has 0 radical (unpaired) electrons. The third kappa shape index (κ3) is 3.69. The van der Waals surface area contributed by atoms with Gasteiger partial charge in [0.05, 0.1) is 25.2 Å². The number of nitrogens with zero attached hydrogens (tertiary/aromatic N) is 1. The maximum Gasteiger partial charge on any atom is 0.476 e. The number of phosphoric ester groups is 1. The molecule has 1 aromatic heterocycles. The Kier molecular flexibility index (Phi) is 5.93. The van der Waals surface area contributed by atoms with Crippen molar-refractivity contribution >= 4 is 13.8 Å². The van der Waals surface area contributed by atoms with E-state index in [4.69, 9.17) is 29.5 Å². The van der Waals surface area contributed by atoms with E-state index < -0.39 is 67.0 Å². The van der Waals surface area contributed by atoms with Crippen molar-refractivity contribution in [1.29, 1.82) is 0 Å². The van der Waals surface area contributed by atoms with Crippen LogP contribution in [0, 0.1) is 23.7 Å². The molecule has 13 heteroatoms. The first-order valence-corrected chi connectivity index (χ1v) is 11.9. The summed E-state index contributed by atoms with van der Waals surface area (Å²) in [5, 5.41) is 9.44. The quantitative estimate of drug-likeness (QED) is 0.299. The Balaban J connectivity index is 1.46. The van der Waals surface area contributed by atoms with E-state index in [2.05, 4.69) is 10.9 Å². The zero-order valence-corrected chi connectivity index (χ0v) is 19.2. The van der Waals surface area contributed by atoms with Crippen molar-refractivity contribution < 1.29 is 37.5 Å². The summed E-state index contributed by atoms with van der Waals surface area (Å²) in [6, 6.07) is 1.16. The molecule has 7 atom stereocenters. The molecule has 12 nitrogen and oxygen atoms in total. The van der Waals surface area contributed by atoms with E-state index in [9.17, 15) is 24.1 Å². The van der Waals surface area contributed by atoms with Crippen LogP contribution in [0.15, 0.2) is 21.9 Å². The molecule has 1 spiro atoms. The second-order valence-electron chi connectivity index (χ2n) is 8.62. The molecular weight excluding hydrogens is 459 g/mol. The van der Waals surface area contributed by atoms with Crippen molar-refractivity contribution in [3.8, 4) is 12.3 Å². The topological polar surface area (TPSA) is 155 Å². The maximum absolute atomic E-state index is 13.1. The van der Waals surface area contributed by atoms with Gasteiger partial charge in [-0.15, -0.1) is 6.42 Å². The molecular formula is C20H25N2O10P. The number of terminal acetylenes is 1. The Hall–Kier alpha value is -2.26. The van der Waals surface area contributed by atoms with E-state index >= 15 is 0 Å². The molecule has 2 aliphatic heterocycles. The number of hydrogen-bond donors (Lipinski definition) is 2. The highest BCUT2D eigenvalue weighted by atomic mass is 31.2. The van der Waals surface area contributed by atoms with E-state index in [0.717, 1.165) is 10.6 Å². The number of aromatic nitrogens is 2. The van der Waals surface area contributed by atoms with Crippen LogP contribution in [-0.2, 0) is 32.4 Å². The Morgan fingerprint density at radius 3 is 2.76 bits per heavy atom. The fraction of sp³-hybridized carbons (Fsp3) is 0.650. The zero-order chi connectivity index (χ0) is 24.2. The standard InChI is InChI=1S/C20H25N2O10P/c1-5-19(4)17(22-8-6-13(24)21-18(22)26)30-14-15-20(14,19)32-33(27,31-15)28-9-7-12(10-23)16(25)29-11(2)3/h1,6,8,11-12,14-15,17,23H,7,9-10H2,2-4H3,(H,21,24,26)/t12?,14-,15?,17-,19+,20+,33-/m1/s1. The predicted octanol–water partition coefficient (Wildman–Crippen LogP) is 0.316. The van der Waals surface area contributed by atoms with Crippen molar-refractivity contribution in [1.82, 2.24) is 9.55 Å². The number of esters is 1. The maximum atomic E-state index is 13.1. The summed E-state index contributed by atoms with van der Waals surface area (Å²) in [6.45, 7) is 4.30. The lowest BCUT2D eigenvalue weighted by Gasteiger charge is -2.32. The fourth-order valence-electron chi connectivity index (χ4n) is 4.33. The van der Waals surface area contributed by atoms with Gasteiger partial charge in [0.25, 0.3) is 5.56 Å². The highest BCUT2D eigenvalue weighted by molar-refractivity contribution is 7.48. The summed E-state index contributed by atoms with van der Waals surface area (Å²) in [5.41, 5.74) is -3.89. The van der Waals surface area contributed by atoms with Crippen LogP contribution in [0.25, 0.3) is 0 Å². The molecule has 3 aliphatic rings. The lowest BCUT2D eigenvalue weighted by Crippen LogP contribution is -2.44. The number of hydrogen-bond acceptors (Lipinski definition) is 10. The van der Waals surface area contributed by atoms with Crippen LogP contribution < -0.4 is 11.2 Å². The van der Waals surface area contributed by atoms with Crippen LogP contribution >= 0.6 is 7.82 Å². The van der Waals surface area contributed by atoms with Crippen molar-refractivity contribution in [3.63, 3.8) is 0 Å². The van der Waals surface area contributed by atoms with Crippen molar-refractivity contribution in [2.75, 3.05) is 13.2 Å². The monoisotopic (exact) mass is 484 g/mol. The van der Waals surface area contributed by atoms with Gasteiger partial charge >= 0.3 is 19.5 Å². The first kappa shape index (κ1) is 23.9. The van der Waals surface area contributed by atoms with Gasteiger partial charge in [-0.25, -0.2) is 9.36 Å². The molecule has 2 unspecified atom stereocenters. The predicted molar refractivity (Wildman–Crippen MR) is 111 cm³/mol. The summed E-state index contributed by atoms with van der Waals surface area (Å²) >= 11 is 0. The summed E-state index contributed by atoms with van der Waals surface area (Å²) in [4.78, 5) is 37.8. The van der Waals surface area contributed by atoms with Crippen LogP contribution in [0.4, 0.5) is 0 Å². The van der Waals surface area contributed by atoms with Gasteiger partial charge in [-0.1, -0.05) is 5.92 Å². The number of aromatic amines is 1. The molecule has 0 amide bonds. The highest BCUT2D eigenvalue weighted by Gasteiger charge is 2.90. The minimum Gasteiger partial charge on any atom is -0.463 e. The van der Waals surface area contributed by atoms with Gasteiger partial charge in [-0.2, -0.15) is 0 Å². The van der Waals surface area contributed by atoms with Crippen LogP contribution in [0.1, 0.15) is 33.4 Å². The molecule has 3 heterocycles. The number of nitrogens with one attached hydrogen (secondary N) is 1. The van der Waals surface area contributed by atoms with Gasteiger partial charge in [-0.3, -0.25) is 32.7 Å². The minimum atomic E-state index is -4.07. The van der Waals surface area contributed by atoms with Gasteiger partial charge in [0.1, 0.15) is 17.6 Å². The third-order valence-corrected chi connectivity index (χ3v) is 7.63. The van der Waals surface area contributed by atoms with Crippen LogP contribution in [0.5, 0.6) is 0 Å². The Morgan fingerprint density at radius 2 is 2.15 bits per heavy atom. The molecule has 180 valence electrons. The van der Waals surface area contributed by atoms with Gasteiger partial charge in [0.2, 0.25) is 0 Å². The van der Waals surface area contributed by atoms with Gasteiger partial charge < -0.3 is 14.6 Å². The number of rotatable bonds is 8. The lowest BCUT2D eigenvalue weighted by atomic mass is 9.81. The van der Waals surface area contributed by atoms with E-state index in [1.54, 1.807) is 20.8 Å². The zero-order valence-electron chi connectivity index (χ0n) is 18.3. The van der Waals surface area contributed by atoms with Crippen LogP contribution in [-0.4, -0.2) is 57.8 Å². The number of phosphoric acid groups is 1. The first-order chi connectivity index (χ1) is 15.5. The van der Waals surface area contributed by atoms with E-state index in [1.165, 1.54) is 6.20 Å². The van der Waals surface area contributed by atoms with Crippen molar-refractivity contribution in [3.05, 3.63) is 33.1 Å². The van der Waals surface area contributed by atoms with E-state index in [1.807, 2.05) is 0 Å². The molecule has 0 bridgehead atoms.